The third-order valence-corrected chi connectivity index (χ3v) is 3.89. The largest absolute Gasteiger partial charge is 0.324 e. The first-order chi connectivity index (χ1) is 9.90. The molecule has 1 aliphatic heterocycles. The number of anilines is 1. The molecule has 1 aromatic carbocycles. The van der Waals surface area contributed by atoms with E-state index in [2.05, 4.69) is 43.2 Å². The van der Waals surface area contributed by atoms with E-state index in [1.807, 2.05) is 0 Å². The van der Waals surface area contributed by atoms with Crippen molar-refractivity contribution >= 4 is 11.6 Å². The van der Waals surface area contributed by atoms with Crippen LogP contribution in [-0.2, 0) is 4.79 Å². The highest BCUT2D eigenvalue weighted by atomic mass is 19.1. The smallest absolute Gasteiger partial charge is 0.246 e. The number of benzene rings is 1. The molecule has 1 atom stereocenters. The Morgan fingerprint density at radius 1 is 1.29 bits per heavy atom. The van der Waals surface area contributed by atoms with Gasteiger partial charge in [0.15, 0.2) is 0 Å². The molecule has 2 N–H and O–H groups in total. The Kier molecular flexibility index (Phi) is 4.96. The Balaban J connectivity index is 1.97. The second-order valence-corrected chi connectivity index (χ2v) is 6.03. The average Bonchev–Trinajstić information content (AvgIpc) is 2.68. The second-order valence-electron chi connectivity index (χ2n) is 6.03. The summed E-state index contributed by atoms with van der Waals surface area (Å²) >= 11 is 0. The van der Waals surface area contributed by atoms with E-state index in [-0.39, 0.29) is 17.8 Å². The van der Waals surface area contributed by atoms with E-state index in [9.17, 15) is 9.18 Å². The maximum atomic E-state index is 13.2. The third-order valence-electron chi connectivity index (χ3n) is 3.89. The Bertz CT molecular complexity index is 508. The monoisotopic (exact) mass is 293 g/mol. The lowest BCUT2D eigenvalue weighted by molar-refractivity contribution is -0.117. The normalized spacial score (nSPS) is 17.7. The minimum Gasteiger partial charge on any atom is -0.324 e. The summed E-state index contributed by atoms with van der Waals surface area (Å²) in [4.78, 5) is 14.3. The van der Waals surface area contributed by atoms with Crippen molar-refractivity contribution in [3.05, 3.63) is 29.6 Å². The minimum absolute atomic E-state index is 0.115. The second kappa shape index (κ2) is 6.54. The van der Waals surface area contributed by atoms with Gasteiger partial charge in [-0.2, -0.15) is 0 Å². The molecule has 21 heavy (non-hydrogen) atoms. The van der Waals surface area contributed by atoms with Crippen molar-refractivity contribution in [1.29, 1.82) is 0 Å². The van der Waals surface area contributed by atoms with Gasteiger partial charge in [-0.25, -0.2) is 4.39 Å². The standard InChI is InChI=1S/C16H24FN3O/c1-10(2)20(11(3)4)8-7-18-15-13-6-5-12(17)9-14(13)19-16(15)21/h5-6,9-11,15,18H,7-8H2,1-4H3,(H,19,21). The topological polar surface area (TPSA) is 44.4 Å². The number of nitrogens with zero attached hydrogens (tertiary/aromatic N) is 1. The zero-order valence-electron chi connectivity index (χ0n) is 13.1. The Morgan fingerprint density at radius 2 is 1.95 bits per heavy atom. The van der Waals surface area contributed by atoms with Crippen molar-refractivity contribution < 1.29 is 9.18 Å². The molecule has 0 bridgehead atoms. The van der Waals surface area contributed by atoms with Crippen LogP contribution in [0.3, 0.4) is 0 Å². The number of hydrogen-bond acceptors (Lipinski definition) is 3. The highest BCUT2D eigenvalue weighted by Crippen LogP contribution is 2.30. The zero-order chi connectivity index (χ0) is 15.6. The van der Waals surface area contributed by atoms with Crippen molar-refractivity contribution in [3.8, 4) is 0 Å². The van der Waals surface area contributed by atoms with E-state index in [4.69, 9.17) is 0 Å². The highest BCUT2D eigenvalue weighted by Gasteiger charge is 2.30. The van der Waals surface area contributed by atoms with Crippen LogP contribution in [0.4, 0.5) is 10.1 Å². The molecule has 4 nitrogen and oxygen atoms in total. The van der Waals surface area contributed by atoms with E-state index in [0.717, 1.165) is 12.1 Å². The molecule has 0 radical (unpaired) electrons. The molecule has 0 aliphatic carbocycles. The summed E-state index contributed by atoms with van der Waals surface area (Å²) in [6, 6.07) is 4.97. The zero-order valence-corrected chi connectivity index (χ0v) is 13.1. The van der Waals surface area contributed by atoms with E-state index >= 15 is 0 Å². The van der Waals surface area contributed by atoms with Gasteiger partial charge in [0.05, 0.1) is 0 Å². The van der Waals surface area contributed by atoms with Gasteiger partial charge in [0.25, 0.3) is 0 Å². The molecule has 1 aromatic rings. The van der Waals surface area contributed by atoms with Crippen LogP contribution in [0.15, 0.2) is 18.2 Å². The van der Waals surface area contributed by atoms with Crippen molar-refractivity contribution in [2.45, 2.75) is 45.8 Å². The number of rotatable bonds is 6. The summed E-state index contributed by atoms with van der Waals surface area (Å²) < 4.78 is 13.2. The molecule has 116 valence electrons. The van der Waals surface area contributed by atoms with Gasteiger partial charge < -0.3 is 10.6 Å². The highest BCUT2D eigenvalue weighted by molar-refractivity contribution is 6.02. The summed E-state index contributed by atoms with van der Waals surface area (Å²) in [7, 11) is 0. The Labute approximate surface area is 125 Å². The van der Waals surface area contributed by atoms with Crippen molar-refractivity contribution in [2.24, 2.45) is 0 Å². The number of carbonyl (C=O) groups is 1. The molecule has 5 heteroatoms. The van der Waals surface area contributed by atoms with Crippen LogP contribution in [0.5, 0.6) is 0 Å². The van der Waals surface area contributed by atoms with Crippen molar-refractivity contribution in [3.63, 3.8) is 0 Å². The van der Waals surface area contributed by atoms with Gasteiger partial charge in [-0.3, -0.25) is 9.69 Å². The van der Waals surface area contributed by atoms with Crippen LogP contribution < -0.4 is 10.6 Å². The number of amides is 1. The predicted molar refractivity (Wildman–Crippen MR) is 82.8 cm³/mol. The first kappa shape index (κ1) is 15.9. The van der Waals surface area contributed by atoms with Gasteiger partial charge >= 0.3 is 0 Å². The van der Waals surface area contributed by atoms with Gasteiger partial charge in [0.1, 0.15) is 11.9 Å². The molecule has 1 aliphatic rings. The molecule has 0 spiro atoms. The van der Waals surface area contributed by atoms with Crippen molar-refractivity contribution in [1.82, 2.24) is 10.2 Å². The van der Waals surface area contributed by atoms with Gasteiger partial charge in [-0.15, -0.1) is 0 Å². The summed E-state index contributed by atoms with van der Waals surface area (Å²) in [5.74, 6) is -0.447. The average molecular weight is 293 g/mol. The van der Waals surface area contributed by atoms with Crippen LogP contribution in [0, 0.1) is 5.82 Å². The number of fused-ring (bicyclic) bond motifs is 1. The molecule has 1 heterocycles. The fraction of sp³-hybridized carbons (Fsp3) is 0.562. The van der Waals surface area contributed by atoms with Gasteiger partial charge in [-0.1, -0.05) is 6.07 Å². The summed E-state index contributed by atoms with van der Waals surface area (Å²) in [6.45, 7) is 10.3. The van der Waals surface area contributed by atoms with Crippen LogP contribution in [0.1, 0.15) is 39.3 Å². The maximum absolute atomic E-state index is 13.2. The van der Waals surface area contributed by atoms with E-state index < -0.39 is 0 Å². The molecule has 0 saturated heterocycles. The van der Waals surface area contributed by atoms with Crippen LogP contribution in [0.2, 0.25) is 0 Å². The third kappa shape index (κ3) is 3.60. The molecule has 0 aromatic heterocycles. The Hall–Kier alpha value is -1.46. The first-order valence-electron chi connectivity index (χ1n) is 7.49. The van der Waals surface area contributed by atoms with E-state index in [0.29, 0.717) is 24.3 Å². The number of carbonyl (C=O) groups excluding carboxylic acids is 1. The molecular formula is C16H24FN3O. The number of halogens is 1. The number of nitrogens with one attached hydrogen (secondary N) is 2. The predicted octanol–water partition coefficient (Wildman–Crippen LogP) is 2.53. The maximum Gasteiger partial charge on any atom is 0.246 e. The first-order valence-corrected chi connectivity index (χ1v) is 7.49. The molecular weight excluding hydrogens is 269 g/mol. The fourth-order valence-electron chi connectivity index (χ4n) is 2.89. The van der Waals surface area contributed by atoms with E-state index in [1.54, 1.807) is 6.07 Å². The summed E-state index contributed by atoms with van der Waals surface area (Å²) in [6.07, 6.45) is 0. The molecule has 2 rings (SSSR count). The summed E-state index contributed by atoms with van der Waals surface area (Å²) in [5.41, 5.74) is 1.39. The molecule has 1 amide bonds. The minimum atomic E-state index is -0.387. The quantitative estimate of drug-likeness (QED) is 0.847. The van der Waals surface area contributed by atoms with Crippen LogP contribution >= 0.6 is 0 Å². The summed E-state index contributed by atoms with van der Waals surface area (Å²) in [5, 5.41) is 5.99. The fourth-order valence-corrected chi connectivity index (χ4v) is 2.89. The van der Waals surface area contributed by atoms with Gasteiger partial charge in [0, 0.05) is 36.4 Å². The SMILES string of the molecule is CC(C)N(CCNC1C(=O)Nc2cc(F)ccc21)C(C)C. The molecule has 0 fully saturated rings. The lowest BCUT2D eigenvalue weighted by Gasteiger charge is -2.30. The Morgan fingerprint density at radius 3 is 2.57 bits per heavy atom. The molecule has 1 unspecified atom stereocenters. The lowest BCUT2D eigenvalue weighted by Crippen LogP contribution is -2.42. The lowest BCUT2D eigenvalue weighted by atomic mass is 10.1. The van der Waals surface area contributed by atoms with Crippen LogP contribution in [0.25, 0.3) is 0 Å². The van der Waals surface area contributed by atoms with Crippen LogP contribution in [-0.4, -0.2) is 36.0 Å². The molecule has 0 saturated carbocycles. The van der Waals surface area contributed by atoms with E-state index in [1.165, 1.54) is 12.1 Å². The van der Waals surface area contributed by atoms with Crippen molar-refractivity contribution in [2.75, 3.05) is 18.4 Å². The number of hydrogen-bond donors (Lipinski definition) is 2. The van der Waals surface area contributed by atoms with Gasteiger partial charge in [-0.05, 0) is 39.8 Å². The van der Waals surface area contributed by atoms with Gasteiger partial charge in [0.2, 0.25) is 5.91 Å².